The van der Waals surface area contributed by atoms with E-state index in [1.54, 1.807) is 0 Å². The molecule has 1 heterocycles. The first-order valence-corrected chi connectivity index (χ1v) is 3.98. The van der Waals surface area contributed by atoms with Crippen molar-refractivity contribution < 1.29 is 36.6 Å². The molecule has 9 heteroatoms. The minimum atomic E-state index is -4.87. The minimum Gasteiger partial charge on any atom is -0.476 e. The highest BCUT2D eigenvalue weighted by atomic mass is 19.4. The second-order valence-electron chi connectivity index (χ2n) is 2.72. The fourth-order valence-electron chi connectivity index (χ4n) is 0.949. The molecule has 17 heavy (non-hydrogen) atoms. The van der Waals surface area contributed by atoms with Crippen molar-refractivity contribution >= 4 is 5.97 Å². The van der Waals surface area contributed by atoms with Crippen LogP contribution >= 0.6 is 0 Å². The van der Waals surface area contributed by atoms with Crippen LogP contribution in [0.2, 0.25) is 0 Å². The zero-order valence-corrected chi connectivity index (χ0v) is 7.83. The summed E-state index contributed by atoms with van der Waals surface area (Å²) in [6.45, 7) is -3.35. The summed E-state index contributed by atoms with van der Waals surface area (Å²) >= 11 is 0. The average molecular weight is 257 g/mol. The Hall–Kier alpha value is -1.93. The van der Waals surface area contributed by atoms with E-state index in [0.717, 1.165) is 0 Å². The molecule has 0 aliphatic rings. The van der Waals surface area contributed by atoms with Gasteiger partial charge in [-0.25, -0.2) is 9.78 Å². The van der Waals surface area contributed by atoms with Gasteiger partial charge in [-0.15, -0.1) is 0 Å². The van der Waals surface area contributed by atoms with Gasteiger partial charge in [0, 0.05) is 0 Å². The van der Waals surface area contributed by atoms with Gasteiger partial charge in [0.25, 0.3) is 0 Å². The summed E-state index contributed by atoms with van der Waals surface area (Å²) in [7, 11) is 0. The maximum absolute atomic E-state index is 12.2. The van der Waals surface area contributed by atoms with Gasteiger partial charge in [0.2, 0.25) is 0 Å². The lowest BCUT2D eigenvalue weighted by atomic mass is 10.2. The second-order valence-corrected chi connectivity index (χ2v) is 2.72. The van der Waals surface area contributed by atoms with E-state index < -0.39 is 35.9 Å². The third-order valence-electron chi connectivity index (χ3n) is 1.57. The molecule has 0 radical (unpaired) electrons. The molecule has 1 aromatic heterocycles. The molecular formula is C8H4F5NO3. The van der Waals surface area contributed by atoms with E-state index in [-0.39, 0.29) is 0 Å². The van der Waals surface area contributed by atoms with Crippen LogP contribution in [0, 0.1) is 0 Å². The van der Waals surface area contributed by atoms with Crippen LogP contribution in [0.3, 0.4) is 0 Å². The van der Waals surface area contributed by atoms with Gasteiger partial charge in [-0.2, -0.15) is 22.0 Å². The van der Waals surface area contributed by atoms with E-state index in [1.165, 1.54) is 0 Å². The third-order valence-corrected chi connectivity index (χ3v) is 1.57. The molecule has 0 aromatic carbocycles. The van der Waals surface area contributed by atoms with Crippen LogP contribution in [-0.2, 0) is 6.18 Å². The first kappa shape index (κ1) is 13.1. The number of aromatic nitrogens is 1. The molecule has 1 rings (SSSR count). The maximum Gasteiger partial charge on any atom is 0.433 e. The molecule has 0 spiro atoms. The number of carbonyl (C=O) groups is 1. The van der Waals surface area contributed by atoms with Crippen LogP contribution in [0.5, 0.6) is 5.75 Å². The van der Waals surface area contributed by atoms with Gasteiger partial charge in [0.1, 0.15) is 5.69 Å². The number of aromatic carboxylic acids is 1. The Morgan fingerprint density at radius 2 is 1.94 bits per heavy atom. The quantitative estimate of drug-likeness (QED) is 0.844. The SMILES string of the molecule is O=C(O)c1nc(C(F)(F)F)ccc1OC(F)F. The van der Waals surface area contributed by atoms with Crippen molar-refractivity contribution in [3.8, 4) is 5.75 Å². The lowest BCUT2D eigenvalue weighted by molar-refractivity contribution is -0.141. The van der Waals surface area contributed by atoms with Crippen molar-refractivity contribution in [2.75, 3.05) is 0 Å². The summed E-state index contributed by atoms with van der Waals surface area (Å²) in [5.74, 6) is -2.83. The molecular weight excluding hydrogens is 253 g/mol. The number of hydrogen-bond donors (Lipinski definition) is 1. The van der Waals surface area contributed by atoms with Crippen molar-refractivity contribution in [2.45, 2.75) is 12.8 Å². The minimum absolute atomic E-state index is 0.351. The number of pyridine rings is 1. The van der Waals surface area contributed by atoms with Gasteiger partial charge < -0.3 is 9.84 Å². The van der Waals surface area contributed by atoms with E-state index in [2.05, 4.69) is 9.72 Å². The standard InChI is InChI=1S/C8H4F5NO3/c9-7(10)17-3-1-2-4(8(11,12)13)14-5(3)6(15)16/h1-2,7H,(H,15,16). The zero-order chi connectivity index (χ0) is 13.2. The predicted molar refractivity (Wildman–Crippen MR) is 42.8 cm³/mol. The molecule has 0 saturated heterocycles. The number of nitrogens with zero attached hydrogens (tertiary/aromatic N) is 1. The Kier molecular flexibility index (Phi) is 3.49. The number of ether oxygens (including phenoxy) is 1. The topological polar surface area (TPSA) is 59.4 Å². The molecule has 0 atom stereocenters. The summed E-state index contributed by atoms with van der Waals surface area (Å²) < 4.78 is 63.9. The summed E-state index contributed by atoms with van der Waals surface area (Å²) in [6, 6.07) is 0.829. The van der Waals surface area contributed by atoms with Gasteiger partial charge in [0.15, 0.2) is 11.4 Å². The van der Waals surface area contributed by atoms with E-state index in [1.807, 2.05) is 0 Å². The van der Waals surface area contributed by atoms with E-state index >= 15 is 0 Å². The van der Waals surface area contributed by atoms with Crippen LogP contribution in [-0.4, -0.2) is 22.7 Å². The molecule has 0 fully saturated rings. The lowest BCUT2D eigenvalue weighted by Gasteiger charge is -2.10. The molecule has 0 unspecified atom stereocenters. The Balaban J connectivity index is 3.22. The van der Waals surface area contributed by atoms with Gasteiger partial charge in [0.05, 0.1) is 0 Å². The monoisotopic (exact) mass is 257 g/mol. The van der Waals surface area contributed by atoms with Crippen molar-refractivity contribution in [3.63, 3.8) is 0 Å². The van der Waals surface area contributed by atoms with Crippen molar-refractivity contribution in [2.24, 2.45) is 0 Å². The first-order chi connectivity index (χ1) is 7.71. The van der Waals surface area contributed by atoms with Gasteiger partial charge >= 0.3 is 18.8 Å². The molecule has 0 amide bonds. The fraction of sp³-hybridized carbons (Fsp3) is 0.250. The molecule has 0 aliphatic carbocycles. The highest BCUT2D eigenvalue weighted by Crippen LogP contribution is 2.30. The van der Waals surface area contributed by atoms with Crippen LogP contribution in [0.15, 0.2) is 12.1 Å². The Labute approximate surface area is 90.6 Å². The van der Waals surface area contributed by atoms with Gasteiger partial charge in [-0.3, -0.25) is 0 Å². The molecule has 1 aromatic rings. The summed E-state index contributed by atoms with van der Waals surface area (Å²) in [6.07, 6.45) is -4.87. The van der Waals surface area contributed by atoms with Crippen molar-refractivity contribution in [3.05, 3.63) is 23.5 Å². The number of hydrogen-bond acceptors (Lipinski definition) is 3. The predicted octanol–water partition coefficient (Wildman–Crippen LogP) is 2.40. The number of alkyl halides is 5. The third kappa shape index (κ3) is 3.26. The summed E-state index contributed by atoms with van der Waals surface area (Å²) in [5, 5.41) is 8.51. The molecule has 0 saturated carbocycles. The zero-order valence-electron chi connectivity index (χ0n) is 7.83. The molecule has 94 valence electrons. The highest BCUT2D eigenvalue weighted by Gasteiger charge is 2.34. The maximum atomic E-state index is 12.2. The van der Waals surface area contributed by atoms with Gasteiger partial charge in [-0.05, 0) is 12.1 Å². The molecule has 0 aliphatic heterocycles. The lowest BCUT2D eigenvalue weighted by Crippen LogP contribution is -2.14. The van der Waals surface area contributed by atoms with E-state index in [9.17, 15) is 26.7 Å². The van der Waals surface area contributed by atoms with Crippen LogP contribution in [0.1, 0.15) is 16.2 Å². The second kappa shape index (κ2) is 4.52. The largest absolute Gasteiger partial charge is 0.476 e. The van der Waals surface area contributed by atoms with Crippen LogP contribution in [0.25, 0.3) is 0 Å². The van der Waals surface area contributed by atoms with Crippen LogP contribution < -0.4 is 4.74 Å². The molecule has 4 nitrogen and oxygen atoms in total. The first-order valence-electron chi connectivity index (χ1n) is 3.98. The number of carboxylic acids is 1. The summed E-state index contributed by atoms with van der Waals surface area (Å²) in [4.78, 5) is 13.2. The fourth-order valence-corrected chi connectivity index (χ4v) is 0.949. The number of rotatable bonds is 3. The van der Waals surface area contributed by atoms with Crippen molar-refractivity contribution in [1.82, 2.24) is 4.98 Å². The van der Waals surface area contributed by atoms with Crippen LogP contribution in [0.4, 0.5) is 22.0 Å². The summed E-state index contributed by atoms with van der Waals surface area (Å²) in [5.41, 5.74) is -2.73. The highest BCUT2D eigenvalue weighted by molar-refractivity contribution is 5.88. The Bertz CT molecular complexity index is 432. The van der Waals surface area contributed by atoms with Gasteiger partial charge in [-0.1, -0.05) is 0 Å². The Morgan fingerprint density at radius 3 is 2.35 bits per heavy atom. The number of carboxylic acid groups (broad SMARTS) is 1. The van der Waals surface area contributed by atoms with E-state index in [0.29, 0.717) is 12.1 Å². The normalized spacial score (nSPS) is 11.6. The Morgan fingerprint density at radius 1 is 1.35 bits per heavy atom. The average Bonchev–Trinajstić information content (AvgIpc) is 2.15. The number of halogens is 5. The molecule has 1 N–H and O–H groups in total. The smallest absolute Gasteiger partial charge is 0.433 e. The van der Waals surface area contributed by atoms with E-state index in [4.69, 9.17) is 5.11 Å². The van der Waals surface area contributed by atoms with Crippen molar-refractivity contribution in [1.29, 1.82) is 0 Å². The molecule has 0 bridgehead atoms.